The summed E-state index contributed by atoms with van der Waals surface area (Å²) in [5, 5.41) is 0. The van der Waals surface area contributed by atoms with Crippen LogP contribution in [0.15, 0.2) is 0 Å². The van der Waals surface area contributed by atoms with Crippen molar-refractivity contribution in [2.75, 3.05) is 13.2 Å². The van der Waals surface area contributed by atoms with Gasteiger partial charge in [-0.05, 0) is 12.8 Å². The van der Waals surface area contributed by atoms with Gasteiger partial charge in [0.1, 0.15) is 0 Å². The molecule has 0 aliphatic heterocycles. The van der Waals surface area contributed by atoms with Gasteiger partial charge in [0.2, 0.25) is 0 Å². The highest BCUT2D eigenvalue weighted by Gasteiger charge is 2.40. The summed E-state index contributed by atoms with van der Waals surface area (Å²) in [5.41, 5.74) is 5.84. The molecular weight excluding hydrogens is 121 g/mol. The summed E-state index contributed by atoms with van der Waals surface area (Å²) < 4.78 is 4.90. The predicted molar refractivity (Wildman–Crippen MR) is 36.4 cm³/mol. The molecule has 3 heteroatoms. The Labute approximate surface area is 52.1 Å². The van der Waals surface area contributed by atoms with E-state index in [1.54, 1.807) is 0 Å². The zero-order chi connectivity index (χ0) is 6.04. The number of hydrogen-bond acceptors (Lipinski definition) is 2. The Kier molecular flexibility index (Phi) is 1.86. The van der Waals surface area contributed by atoms with Crippen molar-refractivity contribution in [1.82, 2.24) is 0 Å². The molecule has 1 rings (SSSR count). The highest BCUT2D eigenvalue weighted by Crippen LogP contribution is 2.44. The van der Waals surface area contributed by atoms with Crippen LogP contribution in [0, 0.1) is 5.41 Å². The van der Waals surface area contributed by atoms with Crippen LogP contribution in [0.25, 0.3) is 0 Å². The second kappa shape index (κ2) is 2.30. The minimum Gasteiger partial charge on any atom is -0.365 e. The van der Waals surface area contributed by atoms with Crippen molar-refractivity contribution in [2.24, 2.45) is 11.1 Å². The van der Waals surface area contributed by atoms with Gasteiger partial charge in [-0.1, -0.05) is 0 Å². The van der Waals surface area contributed by atoms with Gasteiger partial charge in [0.15, 0.2) is 0 Å². The van der Waals surface area contributed by atoms with E-state index in [-0.39, 0.29) is 0 Å². The van der Waals surface area contributed by atoms with Gasteiger partial charge in [0.25, 0.3) is 0 Å². The molecule has 1 fully saturated rings. The molecule has 8 heavy (non-hydrogen) atoms. The van der Waals surface area contributed by atoms with E-state index in [4.69, 9.17) is 10.3 Å². The molecule has 0 heterocycles. The molecule has 0 radical (unpaired) electrons. The predicted octanol–water partition coefficient (Wildman–Crippen LogP) is 0.532. The third kappa shape index (κ3) is 1.19. The molecule has 48 valence electrons. The van der Waals surface area contributed by atoms with E-state index < -0.39 is 0 Å². The topological polar surface area (TPSA) is 35.2 Å². The summed E-state index contributed by atoms with van der Waals surface area (Å²) in [6.45, 7) is 1.59. The van der Waals surface area contributed by atoms with E-state index in [9.17, 15) is 0 Å². The minimum absolute atomic E-state index is 0.377. The molecule has 0 bridgehead atoms. The van der Waals surface area contributed by atoms with Crippen molar-refractivity contribution in [3.63, 3.8) is 0 Å². The monoisotopic (exact) mass is 133 g/mol. The number of hydrogen-bond donors (Lipinski definition) is 1. The first kappa shape index (κ1) is 6.47. The summed E-state index contributed by atoms with van der Waals surface area (Å²) in [5.74, 6) is 0. The SMILES string of the molecule is NCC1(COP)CC1. The van der Waals surface area contributed by atoms with Crippen molar-refractivity contribution >= 4 is 9.47 Å². The fraction of sp³-hybridized carbons (Fsp3) is 1.00. The molecule has 1 aliphatic carbocycles. The molecule has 2 nitrogen and oxygen atoms in total. The summed E-state index contributed by atoms with van der Waals surface area (Å²) in [7, 11) is 2.26. The molecule has 0 aromatic heterocycles. The van der Waals surface area contributed by atoms with Gasteiger partial charge in [-0.2, -0.15) is 0 Å². The molecule has 1 unspecified atom stereocenters. The summed E-state index contributed by atoms with van der Waals surface area (Å²) in [6.07, 6.45) is 2.50. The van der Waals surface area contributed by atoms with Crippen LogP contribution in [0.2, 0.25) is 0 Å². The molecule has 2 N–H and O–H groups in total. The van der Waals surface area contributed by atoms with E-state index in [0.29, 0.717) is 5.41 Å². The van der Waals surface area contributed by atoms with Crippen LogP contribution >= 0.6 is 9.47 Å². The zero-order valence-electron chi connectivity index (χ0n) is 4.89. The molecular formula is C5H12NOP. The minimum atomic E-state index is 0.377. The lowest BCUT2D eigenvalue weighted by atomic mass is 10.1. The molecule has 0 amide bonds. The highest BCUT2D eigenvalue weighted by atomic mass is 31.0. The third-order valence-corrected chi connectivity index (χ3v) is 1.95. The molecule has 0 aromatic rings. The average Bonchev–Trinajstić information content (AvgIpc) is 2.50. The van der Waals surface area contributed by atoms with Gasteiger partial charge in [-0.15, -0.1) is 0 Å². The van der Waals surface area contributed by atoms with Crippen molar-refractivity contribution in [3.8, 4) is 0 Å². The van der Waals surface area contributed by atoms with Gasteiger partial charge in [-0.25, -0.2) is 0 Å². The van der Waals surface area contributed by atoms with Gasteiger partial charge < -0.3 is 10.3 Å². The van der Waals surface area contributed by atoms with Crippen LogP contribution in [-0.2, 0) is 4.52 Å². The van der Waals surface area contributed by atoms with Crippen molar-refractivity contribution in [3.05, 3.63) is 0 Å². The van der Waals surface area contributed by atoms with Crippen LogP contribution in [0.4, 0.5) is 0 Å². The smallest absolute Gasteiger partial charge is 0.0570 e. The fourth-order valence-electron chi connectivity index (χ4n) is 0.761. The van der Waals surface area contributed by atoms with Gasteiger partial charge in [-0.3, -0.25) is 0 Å². The zero-order valence-corrected chi connectivity index (χ0v) is 6.05. The second-order valence-corrected chi connectivity index (χ2v) is 2.85. The van der Waals surface area contributed by atoms with Crippen LogP contribution in [0.1, 0.15) is 12.8 Å². The van der Waals surface area contributed by atoms with Crippen molar-refractivity contribution in [1.29, 1.82) is 0 Å². The Morgan fingerprint density at radius 3 is 2.38 bits per heavy atom. The van der Waals surface area contributed by atoms with Gasteiger partial charge >= 0.3 is 0 Å². The lowest BCUT2D eigenvalue weighted by molar-refractivity contribution is 0.274. The normalized spacial score (nSPS) is 23.2. The fourth-order valence-corrected chi connectivity index (χ4v) is 1.11. The number of rotatable bonds is 3. The van der Waals surface area contributed by atoms with E-state index in [2.05, 4.69) is 9.47 Å². The largest absolute Gasteiger partial charge is 0.365 e. The van der Waals surface area contributed by atoms with E-state index in [0.717, 1.165) is 13.2 Å². The molecule has 1 atom stereocenters. The lowest BCUT2D eigenvalue weighted by Crippen LogP contribution is -2.19. The first-order valence-electron chi connectivity index (χ1n) is 2.85. The summed E-state index contributed by atoms with van der Waals surface area (Å²) in [6, 6.07) is 0. The molecule has 0 spiro atoms. The Bertz CT molecular complexity index is 82.5. The van der Waals surface area contributed by atoms with Crippen LogP contribution in [-0.4, -0.2) is 13.2 Å². The van der Waals surface area contributed by atoms with Crippen molar-refractivity contribution < 1.29 is 4.52 Å². The maximum absolute atomic E-state index is 5.47. The van der Waals surface area contributed by atoms with E-state index in [1.807, 2.05) is 0 Å². The lowest BCUT2D eigenvalue weighted by Gasteiger charge is -2.07. The highest BCUT2D eigenvalue weighted by molar-refractivity contribution is 7.09. The van der Waals surface area contributed by atoms with Crippen molar-refractivity contribution in [2.45, 2.75) is 12.8 Å². The number of nitrogens with two attached hydrogens (primary N) is 1. The summed E-state index contributed by atoms with van der Waals surface area (Å²) >= 11 is 0. The Balaban J connectivity index is 2.20. The van der Waals surface area contributed by atoms with Gasteiger partial charge in [0, 0.05) is 21.4 Å². The quantitative estimate of drug-likeness (QED) is 0.570. The maximum atomic E-state index is 5.47. The van der Waals surface area contributed by atoms with Gasteiger partial charge in [0.05, 0.1) is 6.61 Å². The molecule has 0 saturated heterocycles. The van der Waals surface area contributed by atoms with Crippen LogP contribution in [0.5, 0.6) is 0 Å². The molecule has 1 aliphatic rings. The Hall–Kier alpha value is 0.350. The Morgan fingerprint density at radius 2 is 2.25 bits per heavy atom. The average molecular weight is 133 g/mol. The van der Waals surface area contributed by atoms with Crippen LogP contribution < -0.4 is 5.73 Å². The molecule has 0 aromatic carbocycles. The maximum Gasteiger partial charge on any atom is 0.0570 e. The van der Waals surface area contributed by atoms with Crippen LogP contribution in [0.3, 0.4) is 0 Å². The van der Waals surface area contributed by atoms with E-state index >= 15 is 0 Å². The Morgan fingerprint density at radius 1 is 1.62 bits per heavy atom. The standard InChI is InChI=1S/C5H12NOP/c6-3-5(1-2-5)4-7-8/h1-4,6,8H2. The third-order valence-electron chi connectivity index (χ3n) is 1.78. The summed E-state index contributed by atoms with van der Waals surface area (Å²) in [4.78, 5) is 0. The molecule has 1 saturated carbocycles. The first-order chi connectivity index (χ1) is 3.83. The second-order valence-electron chi connectivity index (χ2n) is 2.52. The van der Waals surface area contributed by atoms with E-state index in [1.165, 1.54) is 12.8 Å². The first-order valence-corrected chi connectivity index (χ1v) is 3.32.